The summed E-state index contributed by atoms with van der Waals surface area (Å²) in [5.74, 6) is -4.43. The molecule has 0 radical (unpaired) electrons. The molecule has 21 nitrogen and oxygen atoms in total. The minimum absolute atomic E-state index is 0.0189. The lowest BCUT2D eigenvalue weighted by Gasteiger charge is -2.35. The SMILES string of the molecule is Cc1cn(C2CC(O)[C@@H](CO)S2)c(=O)n(CCn2cc(-c3ccc(C(C(=O)O)N4CCN(CC(=O)O)CCN(CC(=O)O)CCN(CC(=O)O)CC4)cc3)nn2)c1=O. The summed E-state index contributed by atoms with van der Waals surface area (Å²) in [4.78, 5) is 80.7. The predicted molar refractivity (Wildman–Crippen MR) is 207 cm³/mol. The maximum atomic E-state index is 13.4. The number of aromatic nitrogens is 5. The molecule has 6 N–H and O–H groups in total. The Balaban J connectivity index is 1.32. The molecule has 58 heavy (non-hydrogen) atoms. The van der Waals surface area contributed by atoms with Crippen LogP contribution in [0.3, 0.4) is 0 Å². The van der Waals surface area contributed by atoms with E-state index in [1.54, 1.807) is 57.0 Å². The summed E-state index contributed by atoms with van der Waals surface area (Å²) >= 11 is 1.27. The van der Waals surface area contributed by atoms with E-state index in [1.165, 1.54) is 27.2 Å². The largest absolute Gasteiger partial charge is 0.480 e. The molecule has 0 amide bonds. The van der Waals surface area contributed by atoms with Crippen LogP contribution >= 0.6 is 11.8 Å². The quantitative estimate of drug-likeness (QED) is 0.0989. The number of aliphatic carboxylic acids is 4. The van der Waals surface area contributed by atoms with Crippen molar-refractivity contribution in [2.75, 3.05) is 78.6 Å². The number of carboxylic acid groups (broad SMARTS) is 4. The molecule has 0 aliphatic carbocycles. The van der Waals surface area contributed by atoms with E-state index in [9.17, 15) is 59.4 Å². The van der Waals surface area contributed by atoms with Gasteiger partial charge < -0.3 is 30.6 Å². The predicted octanol–water partition coefficient (Wildman–Crippen LogP) is -1.76. The van der Waals surface area contributed by atoms with Gasteiger partial charge in [0.25, 0.3) is 5.56 Å². The molecule has 3 aromatic rings. The Labute approximate surface area is 336 Å². The number of hydrogen-bond donors (Lipinski definition) is 6. The van der Waals surface area contributed by atoms with Crippen LogP contribution in [0.4, 0.5) is 0 Å². The second-order valence-electron chi connectivity index (χ2n) is 14.3. The van der Waals surface area contributed by atoms with Crippen molar-refractivity contribution in [2.24, 2.45) is 0 Å². The molecule has 0 spiro atoms. The van der Waals surface area contributed by atoms with Gasteiger partial charge in [-0.05, 0) is 12.5 Å². The minimum Gasteiger partial charge on any atom is -0.480 e. The standard InChI is InChI=1S/C36H49N9O12S/c1-23-17-45(29-16-27(47)28(22-46)58-29)36(57)44(34(23)54)15-14-43-18-26(37-38-43)24-2-4-25(5-3-24)33(35(55)56)42-12-10-40(20-31(50)51)8-6-39(19-30(48)49)7-9-41(11-13-42)21-32(52)53/h2-5,17-18,27-29,33,46-47H,6-16,19-22H2,1H3,(H,48,49)(H,50,51)(H,52,53)(H,55,56)/t27?,28-,29?,33?/m1/s1. The van der Waals surface area contributed by atoms with Crippen LogP contribution in [0.15, 0.2) is 46.2 Å². The van der Waals surface area contributed by atoms with Crippen LogP contribution in [0.2, 0.25) is 0 Å². The Morgan fingerprint density at radius 3 is 1.81 bits per heavy atom. The van der Waals surface area contributed by atoms with Crippen LogP contribution < -0.4 is 11.2 Å². The number of benzene rings is 1. The van der Waals surface area contributed by atoms with Crippen molar-refractivity contribution < 1.29 is 49.8 Å². The second-order valence-corrected chi connectivity index (χ2v) is 15.8. The minimum atomic E-state index is -1.19. The van der Waals surface area contributed by atoms with E-state index in [0.717, 1.165) is 4.57 Å². The van der Waals surface area contributed by atoms with Gasteiger partial charge in [0.05, 0.1) is 62.3 Å². The summed E-state index contributed by atoms with van der Waals surface area (Å²) in [5, 5.41) is 66.3. The first-order valence-corrected chi connectivity index (χ1v) is 19.6. The summed E-state index contributed by atoms with van der Waals surface area (Å²) in [6, 6.07) is 5.43. The van der Waals surface area contributed by atoms with Crippen molar-refractivity contribution in [3.05, 3.63) is 68.6 Å². The van der Waals surface area contributed by atoms with Gasteiger partial charge in [0, 0.05) is 76.1 Å². The Hall–Kier alpha value is -4.97. The molecular weight excluding hydrogens is 783 g/mol. The van der Waals surface area contributed by atoms with Crippen LogP contribution in [0.1, 0.15) is 29.0 Å². The first kappa shape index (κ1) is 44.1. The van der Waals surface area contributed by atoms with Crippen LogP contribution in [-0.2, 0) is 32.3 Å². The monoisotopic (exact) mass is 831 g/mol. The molecule has 22 heteroatoms. The molecule has 1 aromatic carbocycles. The topological polar surface area (TPSA) is 277 Å². The van der Waals surface area contributed by atoms with E-state index in [-0.39, 0.29) is 98.1 Å². The molecule has 316 valence electrons. The molecule has 2 aliphatic rings. The Kier molecular flexibility index (Phi) is 15.3. The molecule has 3 unspecified atom stereocenters. The molecule has 0 bridgehead atoms. The van der Waals surface area contributed by atoms with Crippen molar-refractivity contribution in [1.82, 2.24) is 43.7 Å². The van der Waals surface area contributed by atoms with Crippen LogP contribution in [-0.4, -0.2) is 188 Å². The highest BCUT2D eigenvalue weighted by atomic mass is 32.2. The molecule has 4 atom stereocenters. The van der Waals surface area contributed by atoms with Crippen LogP contribution in [0, 0.1) is 6.92 Å². The number of carbonyl (C=O) groups is 4. The van der Waals surface area contributed by atoms with E-state index in [2.05, 4.69) is 10.3 Å². The Bertz CT molecular complexity index is 2010. The molecule has 5 rings (SSSR count). The number of thioether (sulfide) groups is 1. The molecule has 4 heterocycles. The van der Waals surface area contributed by atoms with Gasteiger partial charge in [-0.15, -0.1) is 16.9 Å². The molecule has 2 aliphatic heterocycles. The normalized spacial score (nSPS) is 21.3. The number of hydrogen-bond acceptors (Lipinski definition) is 15. The summed E-state index contributed by atoms with van der Waals surface area (Å²) in [6.07, 6.45) is 2.55. The Morgan fingerprint density at radius 1 is 0.793 bits per heavy atom. The molecule has 2 aromatic heterocycles. The van der Waals surface area contributed by atoms with E-state index >= 15 is 0 Å². The molecular formula is C36H49N9O12S. The average Bonchev–Trinajstić information content (AvgIpc) is 3.79. The maximum absolute atomic E-state index is 13.4. The van der Waals surface area contributed by atoms with Gasteiger partial charge in [0.1, 0.15) is 11.7 Å². The van der Waals surface area contributed by atoms with Crippen LogP contribution in [0.5, 0.6) is 0 Å². The van der Waals surface area contributed by atoms with E-state index in [4.69, 9.17) is 0 Å². The van der Waals surface area contributed by atoms with Gasteiger partial charge in [-0.3, -0.25) is 57.4 Å². The fourth-order valence-electron chi connectivity index (χ4n) is 7.16. The third-order valence-corrected chi connectivity index (χ3v) is 11.8. The molecule has 2 saturated heterocycles. The zero-order valence-electron chi connectivity index (χ0n) is 31.9. The van der Waals surface area contributed by atoms with Crippen molar-refractivity contribution in [3.8, 4) is 11.3 Å². The first-order chi connectivity index (χ1) is 27.6. The lowest BCUT2D eigenvalue weighted by Crippen LogP contribution is -2.49. The highest BCUT2D eigenvalue weighted by Gasteiger charge is 2.35. The average molecular weight is 832 g/mol. The van der Waals surface area contributed by atoms with E-state index in [1.807, 2.05) is 0 Å². The lowest BCUT2D eigenvalue weighted by atomic mass is 10.0. The zero-order valence-corrected chi connectivity index (χ0v) is 32.8. The van der Waals surface area contributed by atoms with Crippen LogP contribution in [0.25, 0.3) is 11.3 Å². The van der Waals surface area contributed by atoms with Gasteiger partial charge in [0.15, 0.2) is 0 Å². The molecule has 2 fully saturated rings. The van der Waals surface area contributed by atoms with E-state index in [0.29, 0.717) is 22.4 Å². The van der Waals surface area contributed by atoms with E-state index < -0.39 is 57.9 Å². The number of rotatable bonds is 15. The number of aliphatic hydroxyl groups is 2. The zero-order chi connectivity index (χ0) is 42.1. The summed E-state index contributed by atoms with van der Waals surface area (Å²) in [6.45, 7) is 1.77. The number of nitrogens with zero attached hydrogens (tertiary/aromatic N) is 9. The first-order valence-electron chi connectivity index (χ1n) is 18.7. The highest BCUT2D eigenvalue weighted by Crippen LogP contribution is 2.40. The smallest absolute Gasteiger partial charge is 0.332 e. The van der Waals surface area contributed by atoms with Gasteiger partial charge in [-0.1, -0.05) is 29.5 Å². The third-order valence-electron chi connectivity index (χ3n) is 10.2. The van der Waals surface area contributed by atoms with Gasteiger partial charge >= 0.3 is 29.6 Å². The van der Waals surface area contributed by atoms with Crippen molar-refractivity contribution in [1.29, 1.82) is 0 Å². The fraction of sp³-hybridized carbons (Fsp3) is 0.556. The van der Waals surface area contributed by atoms with Gasteiger partial charge in [-0.2, -0.15) is 0 Å². The third kappa shape index (κ3) is 11.6. The number of carboxylic acids is 4. The van der Waals surface area contributed by atoms with Crippen molar-refractivity contribution in [2.45, 2.75) is 49.2 Å². The highest BCUT2D eigenvalue weighted by molar-refractivity contribution is 8.00. The van der Waals surface area contributed by atoms with Gasteiger partial charge in [0.2, 0.25) is 0 Å². The summed E-state index contributed by atoms with van der Waals surface area (Å²) in [5.41, 5.74) is 0.780. The molecule has 0 saturated carbocycles. The maximum Gasteiger partial charge on any atom is 0.332 e. The second kappa shape index (κ2) is 20.1. The number of aryl methyl sites for hydroxylation is 2. The Morgan fingerprint density at radius 2 is 1.33 bits per heavy atom. The van der Waals surface area contributed by atoms with Crippen molar-refractivity contribution in [3.63, 3.8) is 0 Å². The fourth-order valence-corrected chi connectivity index (χ4v) is 8.53. The summed E-state index contributed by atoms with van der Waals surface area (Å²) in [7, 11) is 0. The summed E-state index contributed by atoms with van der Waals surface area (Å²) < 4.78 is 3.98. The van der Waals surface area contributed by atoms with Gasteiger partial charge in [-0.25, -0.2) is 4.79 Å². The van der Waals surface area contributed by atoms with Crippen molar-refractivity contribution >= 4 is 35.6 Å². The lowest BCUT2D eigenvalue weighted by molar-refractivity contribution is -0.145. The number of aliphatic hydroxyl groups excluding tert-OH is 2.